The minimum atomic E-state index is -3.62. The van der Waals surface area contributed by atoms with Crippen LogP contribution in [0.1, 0.15) is 5.56 Å². The fraction of sp³-hybridized carbons (Fsp3) is 0.222. The Morgan fingerprint density at radius 1 is 1.53 bits per heavy atom. The van der Waals surface area contributed by atoms with Crippen molar-refractivity contribution in [3.05, 3.63) is 23.8 Å². The second kappa shape index (κ2) is 4.19. The first-order chi connectivity index (χ1) is 6.94. The van der Waals surface area contributed by atoms with Crippen molar-refractivity contribution in [1.29, 1.82) is 5.26 Å². The summed E-state index contributed by atoms with van der Waals surface area (Å²) in [6.45, 7) is 1.82. The standard InChI is InChI=1S/C9H11N3O2S/c1-7-2-3-8(11)9(6-7)12-15(13,14)5-4-10/h2-3,6,12H,5,11H2,1H3. The van der Waals surface area contributed by atoms with Crippen LogP contribution in [0.2, 0.25) is 0 Å². The van der Waals surface area contributed by atoms with E-state index in [-0.39, 0.29) is 0 Å². The molecule has 0 fully saturated rings. The number of nitrogen functional groups attached to an aromatic ring is 1. The lowest BCUT2D eigenvalue weighted by molar-refractivity contribution is 0.604. The molecule has 0 heterocycles. The van der Waals surface area contributed by atoms with Gasteiger partial charge in [-0.05, 0) is 24.6 Å². The second-order valence-electron chi connectivity index (χ2n) is 3.11. The van der Waals surface area contributed by atoms with E-state index in [1.165, 1.54) is 0 Å². The summed E-state index contributed by atoms with van der Waals surface area (Å²) in [6.07, 6.45) is 0. The molecule has 0 atom stereocenters. The number of anilines is 2. The van der Waals surface area contributed by atoms with Gasteiger partial charge < -0.3 is 5.73 Å². The van der Waals surface area contributed by atoms with Crippen LogP contribution in [-0.2, 0) is 10.0 Å². The van der Waals surface area contributed by atoms with Crippen molar-refractivity contribution in [2.75, 3.05) is 16.2 Å². The SMILES string of the molecule is Cc1ccc(N)c(NS(=O)(=O)CC#N)c1. The predicted octanol–water partition coefficient (Wildman–Crippen LogP) is 0.843. The maximum Gasteiger partial charge on any atom is 0.246 e. The average molecular weight is 225 g/mol. The van der Waals surface area contributed by atoms with E-state index in [0.717, 1.165) is 5.56 Å². The highest BCUT2D eigenvalue weighted by Gasteiger charge is 2.11. The molecule has 0 aliphatic carbocycles. The third-order valence-corrected chi connectivity index (χ3v) is 2.77. The zero-order valence-corrected chi connectivity index (χ0v) is 9.00. The molecule has 5 nitrogen and oxygen atoms in total. The molecule has 0 bridgehead atoms. The van der Waals surface area contributed by atoms with Gasteiger partial charge in [0, 0.05) is 0 Å². The fourth-order valence-electron chi connectivity index (χ4n) is 1.05. The number of aryl methyl sites for hydroxylation is 1. The van der Waals surface area contributed by atoms with Gasteiger partial charge in [-0.3, -0.25) is 4.72 Å². The van der Waals surface area contributed by atoms with Crippen molar-refractivity contribution in [2.45, 2.75) is 6.92 Å². The van der Waals surface area contributed by atoms with Crippen LogP contribution >= 0.6 is 0 Å². The van der Waals surface area contributed by atoms with Crippen LogP contribution in [0.5, 0.6) is 0 Å². The Kier molecular flexibility index (Phi) is 3.17. The highest BCUT2D eigenvalue weighted by Crippen LogP contribution is 2.20. The van der Waals surface area contributed by atoms with E-state index < -0.39 is 15.8 Å². The Morgan fingerprint density at radius 2 is 2.20 bits per heavy atom. The molecule has 3 N–H and O–H groups in total. The Bertz CT molecular complexity index is 503. The zero-order valence-electron chi connectivity index (χ0n) is 8.19. The van der Waals surface area contributed by atoms with Crippen molar-refractivity contribution >= 4 is 21.4 Å². The minimum Gasteiger partial charge on any atom is -0.397 e. The summed E-state index contributed by atoms with van der Waals surface area (Å²) in [5.41, 5.74) is 7.12. The molecule has 0 spiro atoms. The van der Waals surface area contributed by atoms with Crippen LogP contribution in [0.3, 0.4) is 0 Å². The van der Waals surface area contributed by atoms with E-state index in [4.69, 9.17) is 11.0 Å². The van der Waals surface area contributed by atoms with Crippen molar-refractivity contribution in [2.24, 2.45) is 0 Å². The number of nitrogens with one attached hydrogen (secondary N) is 1. The van der Waals surface area contributed by atoms with Gasteiger partial charge in [0.25, 0.3) is 0 Å². The van der Waals surface area contributed by atoms with Gasteiger partial charge in [0.1, 0.15) is 0 Å². The minimum absolute atomic E-state index is 0.310. The van der Waals surface area contributed by atoms with E-state index in [2.05, 4.69) is 4.72 Å². The van der Waals surface area contributed by atoms with Crippen molar-refractivity contribution in [3.8, 4) is 6.07 Å². The van der Waals surface area contributed by atoms with Gasteiger partial charge in [0.15, 0.2) is 5.75 Å². The molecule has 0 aliphatic heterocycles. The van der Waals surface area contributed by atoms with Crippen LogP contribution in [0.15, 0.2) is 18.2 Å². The van der Waals surface area contributed by atoms with Gasteiger partial charge in [0.05, 0.1) is 17.4 Å². The lowest BCUT2D eigenvalue weighted by Crippen LogP contribution is -2.16. The van der Waals surface area contributed by atoms with Crippen LogP contribution in [0.4, 0.5) is 11.4 Å². The Balaban J connectivity index is 3.00. The van der Waals surface area contributed by atoms with Gasteiger partial charge in [0.2, 0.25) is 10.0 Å². The fourth-order valence-corrected chi connectivity index (χ4v) is 1.80. The van der Waals surface area contributed by atoms with Crippen molar-refractivity contribution in [1.82, 2.24) is 0 Å². The summed E-state index contributed by atoms with van der Waals surface area (Å²) in [5, 5.41) is 8.30. The van der Waals surface area contributed by atoms with Crippen LogP contribution in [0.25, 0.3) is 0 Å². The molecule has 0 aliphatic rings. The molecule has 0 amide bonds. The Morgan fingerprint density at radius 3 is 2.80 bits per heavy atom. The Hall–Kier alpha value is -1.74. The van der Waals surface area contributed by atoms with Gasteiger partial charge in [-0.2, -0.15) is 5.26 Å². The number of nitrogens with two attached hydrogens (primary N) is 1. The third kappa shape index (κ3) is 3.14. The molecule has 1 aromatic carbocycles. The van der Waals surface area contributed by atoms with Crippen LogP contribution in [-0.4, -0.2) is 14.2 Å². The number of benzene rings is 1. The number of nitrogens with zero attached hydrogens (tertiary/aromatic N) is 1. The largest absolute Gasteiger partial charge is 0.397 e. The molecule has 0 aromatic heterocycles. The quantitative estimate of drug-likeness (QED) is 0.745. The van der Waals surface area contributed by atoms with Crippen molar-refractivity contribution in [3.63, 3.8) is 0 Å². The van der Waals surface area contributed by atoms with E-state index in [9.17, 15) is 8.42 Å². The predicted molar refractivity (Wildman–Crippen MR) is 58.6 cm³/mol. The van der Waals surface area contributed by atoms with Crippen molar-refractivity contribution < 1.29 is 8.42 Å². The number of nitriles is 1. The summed E-state index contributed by atoms with van der Waals surface area (Å²) in [5.74, 6) is -0.583. The number of rotatable bonds is 3. The number of hydrogen-bond donors (Lipinski definition) is 2. The zero-order chi connectivity index (χ0) is 11.5. The average Bonchev–Trinajstić information content (AvgIpc) is 2.10. The molecular weight excluding hydrogens is 214 g/mol. The molecule has 1 aromatic rings. The summed E-state index contributed by atoms with van der Waals surface area (Å²) < 4.78 is 24.8. The van der Waals surface area contributed by atoms with Gasteiger partial charge in [-0.25, -0.2) is 8.42 Å². The lowest BCUT2D eigenvalue weighted by atomic mass is 10.2. The van der Waals surface area contributed by atoms with Gasteiger partial charge >= 0.3 is 0 Å². The highest BCUT2D eigenvalue weighted by atomic mass is 32.2. The molecule has 0 radical (unpaired) electrons. The lowest BCUT2D eigenvalue weighted by Gasteiger charge is -2.08. The van der Waals surface area contributed by atoms with E-state index in [1.807, 2.05) is 6.92 Å². The first-order valence-electron chi connectivity index (χ1n) is 4.18. The molecule has 80 valence electrons. The van der Waals surface area contributed by atoms with E-state index in [0.29, 0.717) is 11.4 Å². The number of hydrogen-bond acceptors (Lipinski definition) is 4. The monoisotopic (exact) mass is 225 g/mol. The molecule has 1 rings (SSSR count). The van der Waals surface area contributed by atoms with Crippen LogP contribution < -0.4 is 10.5 Å². The topological polar surface area (TPSA) is 96.0 Å². The second-order valence-corrected chi connectivity index (χ2v) is 4.83. The van der Waals surface area contributed by atoms with Gasteiger partial charge in [-0.1, -0.05) is 6.07 Å². The normalized spacial score (nSPS) is 10.7. The van der Waals surface area contributed by atoms with E-state index >= 15 is 0 Å². The summed E-state index contributed by atoms with van der Waals surface area (Å²) >= 11 is 0. The third-order valence-electron chi connectivity index (χ3n) is 1.73. The summed E-state index contributed by atoms with van der Waals surface area (Å²) in [6, 6.07) is 6.57. The molecular formula is C9H11N3O2S. The molecule has 15 heavy (non-hydrogen) atoms. The smallest absolute Gasteiger partial charge is 0.246 e. The maximum absolute atomic E-state index is 11.3. The molecule has 6 heteroatoms. The Labute approximate surface area is 88.6 Å². The molecule has 0 saturated heterocycles. The summed E-state index contributed by atoms with van der Waals surface area (Å²) in [4.78, 5) is 0. The van der Waals surface area contributed by atoms with Gasteiger partial charge in [-0.15, -0.1) is 0 Å². The van der Waals surface area contributed by atoms with Crippen LogP contribution in [0, 0.1) is 18.3 Å². The first kappa shape index (κ1) is 11.3. The maximum atomic E-state index is 11.3. The molecule has 0 unspecified atom stereocenters. The number of sulfonamides is 1. The first-order valence-corrected chi connectivity index (χ1v) is 5.83. The molecule has 0 saturated carbocycles. The van der Waals surface area contributed by atoms with E-state index in [1.54, 1.807) is 24.3 Å². The highest BCUT2D eigenvalue weighted by molar-refractivity contribution is 7.92. The summed E-state index contributed by atoms with van der Waals surface area (Å²) in [7, 11) is -3.62.